The van der Waals surface area contributed by atoms with Gasteiger partial charge in [-0.25, -0.2) is 0 Å². The van der Waals surface area contributed by atoms with E-state index in [0.29, 0.717) is 0 Å². The predicted molar refractivity (Wildman–Crippen MR) is 103 cm³/mol. The molecule has 0 spiro atoms. The quantitative estimate of drug-likeness (QED) is 0.646. The summed E-state index contributed by atoms with van der Waals surface area (Å²) in [4.78, 5) is 2.45. The molecule has 0 aromatic heterocycles. The van der Waals surface area contributed by atoms with Crippen molar-refractivity contribution in [1.29, 1.82) is 0 Å². The molecule has 2 heteroatoms. The molecule has 3 aromatic rings. The summed E-state index contributed by atoms with van der Waals surface area (Å²) in [6.07, 6.45) is 0.0634. The number of nitrogens with zero attached hydrogens (tertiary/aromatic N) is 1. The van der Waals surface area contributed by atoms with Crippen LogP contribution in [0.4, 0.5) is 0 Å². The van der Waals surface area contributed by atoms with Crippen LogP contribution in [0.2, 0.25) is 0 Å². The van der Waals surface area contributed by atoms with Crippen molar-refractivity contribution in [1.82, 2.24) is 4.90 Å². The Kier molecular flexibility index (Phi) is 4.53. The largest absolute Gasteiger partial charge is 0.484 e. The van der Waals surface area contributed by atoms with Gasteiger partial charge < -0.3 is 4.74 Å². The Morgan fingerprint density at radius 2 is 1.52 bits per heavy atom. The first kappa shape index (κ1) is 15.9. The Morgan fingerprint density at radius 1 is 0.840 bits per heavy atom. The minimum absolute atomic E-state index is 0.0634. The molecule has 0 N–H and O–H groups in total. The van der Waals surface area contributed by atoms with E-state index in [1.54, 1.807) is 0 Å². The first-order valence-corrected chi connectivity index (χ1v) is 8.96. The molecule has 1 aliphatic rings. The van der Waals surface area contributed by atoms with Crippen LogP contribution in [-0.4, -0.2) is 18.0 Å². The van der Waals surface area contributed by atoms with Crippen molar-refractivity contribution < 1.29 is 4.74 Å². The molecule has 0 aliphatic carbocycles. The molecule has 126 valence electrons. The SMILES string of the molecule is CCN1Cc2ccccc2OC(c2ccc(-c3ccccc3)cc2)C1. The van der Waals surface area contributed by atoms with Crippen LogP contribution < -0.4 is 4.74 Å². The van der Waals surface area contributed by atoms with Crippen LogP contribution in [0, 0.1) is 0 Å². The zero-order valence-corrected chi connectivity index (χ0v) is 14.6. The Labute approximate surface area is 149 Å². The summed E-state index contributed by atoms with van der Waals surface area (Å²) in [5.41, 5.74) is 4.99. The lowest BCUT2D eigenvalue weighted by Gasteiger charge is -2.23. The summed E-state index contributed by atoms with van der Waals surface area (Å²) >= 11 is 0. The fraction of sp³-hybridized carbons (Fsp3) is 0.217. The van der Waals surface area contributed by atoms with Crippen molar-refractivity contribution in [2.24, 2.45) is 0 Å². The van der Waals surface area contributed by atoms with Crippen LogP contribution >= 0.6 is 0 Å². The summed E-state index contributed by atoms with van der Waals surface area (Å²) < 4.78 is 6.38. The highest BCUT2D eigenvalue weighted by Crippen LogP contribution is 2.31. The fourth-order valence-corrected chi connectivity index (χ4v) is 3.42. The summed E-state index contributed by atoms with van der Waals surface area (Å²) in [6.45, 7) is 5.10. The smallest absolute Gasteiger partial charge is 0.136 e. The van der Waals surface area contributed by atoms with E-state index in [4.69, 9.17) is 4.74 Å². The van der Waals surface area contributed by atoms with Crippen molar-refractivity contribution in [2.45, 2.75) is 19.6 Å². The number of para-hydroxylation sites is 1. The number of hydrogen-bond acceptors (Lipinski definition) is 2. The van der Waals surface area contributed by atoms with Gasteiger partial charge in [-0.1, -0.05) is 79.7 Å². The molecule has 0 saturated carbocycles. The molecule has 0 amide bonds. The zero-order valence-electron chi connectivity index (χ0n) is 14.6. The second-order valence-corrected chi connectivity index (χ2v) is 6.53. The molecule has 3 aromatic carbocycles. The average Bonchev–Trinajstić information content (AvgIpc) is 2.88. The lowest BCUT2D eigenvalue weighted by Crippen LogP contribution is -2.27. The second-order valence-electron chi connectivity index (χ2n) is 6.53. The third kappa shape index (κ3) is 3.45. The molecule has 1 heterocycles. The molecule has 0 bridgehead atoms. The Morgan fingerprint density at radius 3 is 2.28 bits per heavy atom. The van der Waals surface area contributed by atoms with Gasteiger partial charge in [0.2, 0.25) is 0 Å². The monoisotopic (exact) mass is 329 g/mol. The molecule has 0 radical (unpaired) electrons. The maximum atomic E-state index is 6.38. The van der Waals surface area contributed by atoms with Gasteiger partial charge in [-0.15, -0.1) is 0 Å². The van der Waals surface area contributed by atoms with Crippen molar-refractivity contribution in [2.75, 3.05) is 13.1 Å². The number of ether oxygens (including phenoxy) is 1. The van der Waals surface area contributed by atoms with Gasteiger partial charge in [-0.05, 0) is 29.3 Å². The van der Waals surface area contributed by atoms with Gasteiger partial charge >= 0.3 is 0 Å². The minimum atomic E-state index is 0.0634. The Bertz CT molecular complexity index is 826. The van der Waals surface area contributed by atoms with Gasteiger partial charge in [0.25, 0.3) is 0 Å². The van der Waals surface area contributed by atoms with E-state index >= 15 is 0 Å². The number of fused-ring (bicyclic) bond motifs is 1. The van der Waals surface area contributed by atoms with Crippen molar-refractivity contribution in [3.63, 3.8) is 0 Å². The van der Waals surface area contributed by atoms with Gasteiger partial charge in [0.15, 0.2) is 0 Å². The number of hydrogen-bond donors (Lipinski definition) is 0. The number of likely N-dealkylation sites (N-methyl/N-ethyl adjacent to an activating group) is 1. The standard InChI is InChI=1S/C23H23NO/c1-2-24-16-21-10-6-7-11-22(21)25-23(17-24)20-14-12-19(13-15-20)18-8-4-3-5-9-18/h3-15,23H,2,16-17H2,1H3. The van der Waals surface area contributed by atoms with E-state index in [1.807, 2.05) is 6.07 Å². The van der Waals surface area contributed by atoms with Crippen LogP contribution in [0.1, 0.15) is 24.2 Å². The minimum Gasteiger partial charge on any atom is -0.484 e. The molecule has 1 atom stereocenters. The molecule has 4 rings (SSSR count). The summed E-state index contributed by atoms with van der Waals surface area (Å²) in [5.74, 6) is 1.01. The maximum absolute atomic E-state index is 6.38. The first-order valence-electron chi connectivity index (χ1n) is 8.96. The first-order chi connectivity index (χ1) is 12.3. The average molecular weight is 329 g/mol. The highest BCUT2D eigenvalue weighted by molar-refractivity contribution is 5.63. The van der Waals surface area contributed by atoms with Gasteiger partial charge in [-0.2, -0.15) is 0 Å². The van der Waals surface area contributed by atoms with Gasteiger partial charge in [-0.3, -0.25) is 4.90 Å². The summed E-state index contributed by atoms with van der Waals surface area (Å²) in [5, 5.41) is 0. The predicted octanol–water partition coefficient (Wildman–Crippen LogP) is 5.31. The summed E-state index contributed by atoms with van der Waals surface area (Å²) in [6, 6.07) is 27.7. The molecule has 1 unspecified atom stereocenters. The van der Waals surface area contributed by atoms with Gasteiger partial charge in [0.05, 0.1) is 0 Å². The number of benzene rings is 3. The third-order valence-corrected chi connectivity index (χ3v) is 4.90. The molecular weight excluding hydrogens is 306 g/mol. The highest BCUT2D eigenvalue weighted by atomic mass is 16.5. The highest BCUT2D eigenvalue weighted by Gasteiger charge is 2.23. The van der Waals surface area contributed by atoms with E-state index in [-0.39, 0.29) is 6.10 Å². The van der Waals surface area contributed by atoms with Crippen LogP contribution in [0.5, 0.6) is 5.75 Å². The van der Waals surface area contributed by atoms with E-state index in [2.05, 4.69) is 84.6 Å². The fourth-order valence-electron chi connectivity index (χ4n) is 3.42. The maximum Gasteiger partial charge on any atom is 0.136 e. The topological polar surface area (TPSA) is 12.5 Å². The Balaban J connectivity index is 1.62. The van der Waals surface area contributed by atoms with Crippen LogP contribution in [-0.2, 0) is 6.54 Å². The van der Waals surface area contributed by atoms with Crippen molar-refractivity contribution >= 4 is 0 Å². The zero-order chi connectivity index (χ0) is 17.1. The molecule has 0 fully saturated rings. The molecule has 0 saturated heterocycles. The van der Waals surface area contributed by atoms with E-state index in [1.165, 1.54) is 22.3 Å². The van der Waals surface area contributed by atoms with Gasteiger partial charge in [0, 0.05) is 18.7 Å². The van der Waals surface area contributed by atoms with Gasteiger partial charge in [0.1, 0.15) is 11.9 Å². The van der Waals surface area contributed by atoms with Crippen LogP contribution in [0.3, 0.4) is 0 Å². The van der Waals surface area contributed by atoms with E-state index in [0.717, 1.165) is 25.4 Å². The Hall–Kier alpha value is -2.58. The second kappa shape index (κ2) is 7.12. The molecule has 1 aliphatic heterocycles. The van der Waals surface area contributed by atoms with E-state index < -0.39 is 0 Å². The molecule has 2 nitrogen and oxygen atoms in total. The lowest BCUT2D eigenvalue weighted by atomic mass is 10.0. The normalized spacial score (nSPS) is 17.4. The molecular formula is C23H23NO. The van der Waals surface area contributed by atoms with E-state index in [9.17, 15) is 0 Å². The van der Waals surface area contributed by atoms with Crippen molar-refractivity contribution in [3.05, 3.63) is 90.0 Å². The summed E-state index contributed by atoms with van der Waals surface area (Å²) in [7, 11) is 0. The number of rotatable bonds is 3. The molecule has 25 heavy (non-hydrogen) atoms. The third-order valence-electron chi connectivity index (χ3n) is 4.90. The van der Waals surface area contributed by atoms with Crippen LogP contribution in [0.25, 0.3) is 11.1 Å². The van der Waals surface area contributed by atoms with Crippen LogP contribution in [0.15, 0.2) is 78.9 Å². The van der Waals surface area contributed by atoms with Crippen molar-refractivity contribution in [3.8, 4) is 16.9 Å². The lowest BCUT2D eigenvalue weighted by molar-refractivity contribution is 0.152.